The first-order chi connectivity index (χ1) is 34.1. The Labute approximate surface area is 461 Å². The fourth-order valence-electron chi connectivity index (χ4n) is 8.66. The molecule has 5 rings (SSSR count). The number of aromatic nitrogens is 2. The third kappa shape index (κ3) is 16.5. The average molecular weight is 1130 g/mol. The minimum absolute atomic E-state index is 0. The first-order valence-corrected chi connectivity index (χ1v) is 25.2. The minimum Gasteiger partial charge on any atom is -0.348 e. The number of nitrogens with one attached hydrogen (secondary N) is 9. The molecule has 0 saturated carbocycles. The predicted molar refractivity (Wildman–Crippen MR) is 292 cm³/mol. The lowest BCUT2D eigenvalue weighted by molar-refractivity contribution is -0.144. The zero-order valence-corrected chi connectivity index (χ0v) is 47.6. The first kappa shape index (κ1) is 63.8. The molecule has 2 fully saturated rings. The van der Waals surface area contributed by atoms with Crippen LogP contribution in [0.3, 0.4) is 0 Å². The van der Waals surface area contributed by atoms with Gasteiger partial charge in [0.15, 0.2) is 5.69 Å². The van der Waals surface area contributed by atoms with Crippen molar-refractivity contribution >= 4 is 95.3 Å². The average Bonchev–Trinajstić information content (AvgIpc) is 4.11. The number of benzene rings is 2. The topological polar surface area (TPSA) is 268 Å². The van der Waals surface area contributed by atoms with Crippen LogP contribution in [0.4, 0.5) is 0 Å². The van der Waals surface area contributed by atoms with Crippen molar-refractivity contribution in [3.8, 4) is 0 Å². The van der Waals surface area contributed by atoms with Crippen molar-refractivity contribution in [2.75, 3.05) is 27.2 Å². The van der Waals surface area contributed by atoms with Gasteiger partial charge in [-0.05, 0) is 101 Å². The van der Waals surface area contributed by atoms with E-state index in [1.54, 1.807) is 132 Å². The van der Waals surface area contributed by atoms with E-state index in [-0.39, 0.29) is 62.1 Å². The van der Waals surface area contributed by atoms with Gasteiger partial charge in [0.1, 0.15) is 29.9 Å². The van der Waals surface area contributed by atoms with E-state index in [9.17, 15) is 38.4 Å². The highest BCUT2D eigenvalue weighted by Crippen LogP contribution is 2.30. The summed E-state index contributed by atoms with van der Waals surface area (Å²) in [5.74, 6) is -4.15. The maximum atomic E-state index is 14.5. The lowest BCUT2D eigenvalue weighted by atomic mass is 9.85. The second-order valence-electron chi connectivity index (χ2n) is 21.2. The van der Waals surface area contributed by atoms with Crippen LogP contribution in [0.25, 0.3) is 0 Å². The predicted octanol–water partition coefficient (Wildman–Crippen LogP) is 3.99. The van der Waals surface area contributed by atoms with E-state index in [2.05, 4.69) is 52.7 Å². The lowest BCUT2D eigenvalue weighted by Crippen LogP contribution is -2.59. The molecule has 75 heavy (non-hydrogen) atoms. The van der Waals surface area contributed by atoms with Gasteiger partial charge in [0.05, 0.1) is 24.2 Å². The van der Waals surface area contributed by atoms with Crippen LogP contribution in [0.5, 0.6) is 0 Å². The van der Waals surface area contributed by atoms with Gasteiger partial charge in [0, 0.05) is 41.3 Å². The Kier molecular flexibility index (Phi) is 23.0. The molecule has 9 N–H and O–H groups in total. The second kappa shape index (κ2) is 27.0. The molecule has 414 valence electrons. The van der Waals surface area contributed by atoms with E-state index in [1.807, 2.05) is 0 Å². The quantitative estimate of drug-likeness (QED) is 0.0880. The molecule has 3 heterocycles. The number of hydrogen-bond acceptors (Lipinski definition) is 11. The molecule has 0 aliphatic carbocycles. The molecule has 20 nitrogen and oxygen atoms in total. The third-order valence-corrected chi connectivity index (χ3v) is 13.9. The molecule has 3 aromatic rings. The Morgan fingerprint density at radius 3 is 1.29 bits per heavy atom. The van der Waals surface area contributed by atoms with Gasteiger partial charge < -0.3 is 52.3 Å². The van der Waals surface area contributed by atoms with Gasteiger partial charge in [-0.3, -0.25) is 43.5 Å². The lowest BCUT2D eigenvalue weighted by Gasteiger charge is -2.36. The molecule has 2 aliphatic heterocycles. The monoisotopic (exact) mass is 1120 g/mol. The van der Waals surface area contributed by atoms with E-state index >= 15 is 0 Å². The summed E-state index contributed by atoms with van der Waals surface area (Å²) >= 11 is 12.2. The Hall–Kier alpha value is -5.51. The van der Waals surface area contributed by atoms with Crippen molar-refractivity contribution in [1.29, 1.82) is 0 Å². The third-order valence-electron chi connectivity index (χ3n) is 13.4. The van der Waals surface area contributed by atoms with E-state index in [1.165, 1.54) is 15.9 Å². The van der Waals surface area contributed by atoms with Crippen LogP contribution in [0.1, 0.15) is 126 Å². The molecule has 0 unspecified atom stereocenters. The van der Waals surface area contributed by atoms with Crippen molar-refractivity contribution < 1.29 is 38.4 Å². The molecular formula is C51H74Cl4N12O8. The van der Waals surface area contributed by atoms with Gasteiger partial charge in [-0.15, -0.1) is 24.8 Å². The van der Waals surface area contributed by atoms with Crippen molar-refractivity contribution in [1.82, 2.24) is 62.5 Å². The standard InChI is InChI=1S/C51H72Cl2N12O8.2ClH/c1-26(30-13-17-32(52)18-14-30)56-46(70)38-21-34(24-64(38)48(72)40(50(5,6)7)60-42(66)28(3)54-11)58-44(68)36-23-37(63-62-36)45(69)59-35-22-39(47(71)57-27(2)31-15-19-33(53)20-16-31)65(25-35)49(73)41(51(8,9)10)61-43(67)29(4)55-12;;/h13-20,23,26-29,34-35,38-41,54-55H,21-22,24-25H2,1-12H3,(H,56,70)(H,57,71)(H,58,68)(H,59,69)(H,60,66)(H,61,67)(H,62,63);2*1H/t26-,27-,28+,29+,34+,35+,38+,39+,40-,41-;;/m1../s1. The van der Waals surface area contributed by atoms with Gasteiger partial charge in [0.2, 0.25) is 35.4 Å². The minimum atomic E-state index is -1.05. The van der Waals surface area contributed by atoms with E-state index in [4.69, 9.17) is 23.2 Å². The van der Waals surface area contributed by atoms with Gasteiger partial charge in [-0.1, -0.05) is 89.0 Å². The summed E-state index contributed by atoms with van der Waals surface area (Å²) in [5, 5.41) is 31.0. The summed E-state index contributed by atoms with van der Waals surface area (Å²) in [6.45, 7) is 17.6. The number of hydrogen-bond donors (Lipinski definition) is 9. The molecule has 2 saturated heterocycles. The van der Waals surface area contributed by atoms with Gasteiger partial charge >= 0.3 is 0 Å². The van der Waals surface area contributed by atoms with Crippen LogP contribution in [-0.4, -0.2) is 143 Å². The molecule has 0 radical (unpaired) electrons. The van der Waals surface area contributed by atoms with E-state index < -0.39 is 119 Å². The summed E-state index contributed by atoms with van der Waals surface area (Å²) in [6.07, 6.45) is 0.0405. The maximum absolute atomic E-state index is 14.5. The zero-order valence-electron chi connectivity index (χ0n) is 44.5. The summed E-state index contributed by atoms with van der Waals surface area (Å²) in [7, 11) is 3.25. The largest absolute Gasteiger partial charge is 0.348 e. The number of nitrogens with zero attached hydrogens (tertiary/aromatic N) is 3. The number of rotatable bonds is 18. The summed E-state index contributed by atoms with van der Waals surface area (Å²) < 4.78 is 0. The number of likely N-dealkylation sites (N-methyl/N-ethyl adjacent to an activating group) is 2. The van der Waals surface area contributed by atoms with Crippen LogP contribution in [0.15, 0.2) is 54.6 Å². The number of H-pyrrole nitrogens is 1. The summed E-state index contributed by atoms with van der Waals surface area (Å²) in [5.41, 5.74) is -0.263. The van der Waals surface area contributed by atoms with Crippen molar-refractivity contribution in [2.45, 2.75) is 142 Å². The highest BCUT2D eigenvalue weighted by atomic mass is 35.5. The molecule has 2 aliphatic rings. The Bertz CT molecular complexity index is 2330. The van der Waals surface area contributed by atoms with Gasteiger partial charge in [0.25, 0.3) is 11.8 Å². The van der Waals surface area contributed by atoms with Crippen LogP contribution < -0.4 is 42.5 Å². The zero-order chi connectivity index (χ0) is 54.3. The molecule has 0 spiro atoms. The smallest absolute Gasteiger partial charge is 0.272 e. The Balaban J connectivity index is 0.00000741. The van der Waals surface area contributed by atoms with Crippen LogP contribution >= 0.6 is 48.0 Å². The number of aromatic amines is 1. The first-order valence-electron chi connectivity index (χ1n) is 24.5. The van der Waals surface area contributed by atoms with Crippen molar-refractivity contribution in [2.24, 2.45) is 10.8 Å². The molecule has 10 atom stereocenters. The van der Waals surface area contributed by atoms with Gasteiger partial charge in [-0.2, -0.15) is 5.10 Å². The maximum Gasteiger partial charge on any atom is 0.272 e. The van der Waals surface area contributed by atoms with Gasteiger partial charge in [-0.25, -0.2) is 0 Å². The molecular weight excluding hydrogens is 1050 g/mol. The van der Waals surface area contributed by atoms with Crippen LogP contribution in [-0.2, 0) is 28.8 Å². The van der Waals surface area contributed by atoms with Crippen LogP contribution in [0, 0.1) is 10.8 Å². The fourth-order valence-corrected chi connectivity index (χ4v) is 8.91. The number of amides is 8. The Morgan fingerprint density at radius 2 is 0.947 bits per heavy atom. The fraction of sp³-hybridized carbons (Fsp3) is 0.549. The number of carbonyl (C=O) groups excluding carboxylic acids is 8. The highest BCUT2D eigenvalue weighted by Gasteiger charge is 2.48. The summed E-state index contributed by atoms with van der Waals surface area (Å²) in [6, 6.07) is 7.35. The SMILES string of the molecule is CN[C@@H](C)C(=O)N[C@H](C(=O)N1C[C@@H](NC(=O)c2cc(C(=O)N[C@H]3C[C@@H](C(=O)N[C@H](C)c4ccc(Cl)cc4)N(C(=O)[C@@H](NC(=O)[C@H](C)NC)C(C)(C)C)C3)[nH]n2)C[C@H]1C(=O)N[C@H](C)c1ccc(Cl)cc1)C(C)(C)C.Cl.Cl. The normalized spacial score (nSPS) is 19.9. The number of carbonyl (C=O) groups is 8. The molecule has 8 amide bonds. The number of halogens is 4. The molecule has 0 bridgehead atoms. The molecule has 1 aromatic heterocycles. The Morgan fingerprint density at radius 1 is 0.587 bits per heavy atom. The van der Waals surface area contributed by atoms with Crippen molar-refractivity contribution in [3.63, 3.8) is 0 Å². The van der Waals surface area contributed by atoms with Crippen LogP contribution in [0.2, 0.25) is 10.0 Å². The second-order valence-corrected chi connectivity index (χ2v) is 22.1. The van der Waals surface area contributed by atoms with E-state index in [0.29, 0.717) is 10.0 Å². The van der Waals surface area contributed by atoms with Crippen molar-refractivity contribution in [3.05, 3.63) is 87.2 Å². The highest BCUT2D eigenvalue weighted by molar-refractivity contribution is 6.30. The van der Waals surface area contributed by atoms with E-state index in [0.717, 1.165) is 11.1 Å². The molecule has 2 aromatic carbocycles. The number of likely N-dealkylation sites (tertiary alicyclic amines) is 2. The summed E-state index contributed by atoms with van der Waals surface area (Å²) in [4.78, 5) is 114. The molecule has 24 heteroatoms.